The molecule has 1 aromatic heterocycles. The lowest BCUT2D eigenvalue weighted by molar-refractivity contribution is 0.0734. The van der Waals surface area contributed by atoms with Crippen LogP contribution in [0.25, 0.3) is 11.0 Å². The second kappa shape index (κ2) is 10.4. The molecule has 196 valence electrons. The van der Waals surface area contributed by atoms with Crippen LogP contribution < -0.4 is 5.32 Å². The van der Waals surface area contributed by atoms with Crippen molar-refractivity contribution < 1.29 is 22.4 Å². The minimum Gasteiger partial charge on any atom is -0.464 e. The molecule has 38 heavy (non-hydrogen) atoms. The molecule has 0 saturated heterocycles. The number of carbonyl (C=O) groups excluding carboxylic acids is 2. The van der Waals surface area contributed by atoms with Crippen molar-refractivity contribution in [2.24, 2.45) is 0 Å². The number of hydrogen-bond donors (Lipinski definition) is 1. The van der Waals surface area contributed by atoms with Crippen molar-refractivity contribution in [1.82, 2.24) is 10.2 Å². The van der Waals surface area contributed by atoms with Gasteiger partial charge in [0.15, 0.2) is 9.84 Å². The monoisotopic (exact) mass is 570 g/mol. The Morgan fingerprint density at radius 1 is 1.08 bits per heavy atom. The van der Waals surface area contributed by atoms with Gasteiger partial charge in [-0.1, -0.05) is 41.4 Å². The van der Waals surface area contributed by atoms with Crippen molar-refractivity contribution in [3.8, 4) is 0 Å². The van der Waals surface area contributed by atoms with E-state index in [0.717, 1.165) is 28.3 Å². The molecule has 0 fully saturated rings. The van der Waals surface area contributed by atoms with Crippen LogP contribution in [-0.4, -0.2) is 44.5 Å². The summed E-state index contributed by atoms with van der Waals surface area (Å²) in [5.74, 6) is -0.532. The second-order valence-corrected chi connectivity index (χ2v) is 12.1. The van der Waals surface area contributed by atoms with Gasteiger partial charge in [-0.3, -0.25) is 9.59 Å². The van der Waals surface area contributed by atoms with E-state index in [0.29, 0.717) is 37.1 Å². The van der Waals surface area contributed by atoms with Crippen molar-refractivity contribution in [1.29, 1.82) is 0 Å². The van der Waals surface area contributed by atoms with E-state index in [4.69, 9.17) is 27.6 Å². The van der Waals surface area contributed by atoms with E-state index < -0.39 is 15.7 Å². The third kappa shape index (κ3) is 5.29. The number of nitrogens with zero attached hydrogens (tertiary/aromatic N) is 1. The third-order valence-electron chi connectivity index (χ3n) is 6.65. The molecule has 0 unspecified atom stereocenters. The molecule has 10 heteroatoms. The first kappa shape index (κ1) is 26.3. The lowest BCUT2D eigenvalue weighted by Crippen LogP contribution is -2.36. The molecule has 0 radical (unpaired) electrons. The van der Waals surface area contributed by atoms with Gasteiger partial charge < -0.3 is 14.6 Å². The highest BCUT2D eigenvalue weighted by Gasteiger charge is 2.28. The Morgan fingerprint density at radius 3 is 2.68 bits per heavy atom. The number of nitrogens with one attached hydrogen (secondary N) is 1. The van der Waals surface area contributed by atoms with Gasteiger partial charge in [-0.05, 0) is 65.9 Å². The van der Waals surface area contributed by atoms with Crippen molar-refractivity contribution in [3.63, 3.8) is 0 Å². The van der Waals surface area contributed by atoms with Crippen LogP contribution >= 0.6 is 23.2 Å². The van der Waals surface area contributed by atoms with E-state index in [9.17, 15) is 18.0 Å². The molecular weight excluding hydrogens is 547 g/mol. The molecule has 1 aliphatic rings. The number of furan rings is 1. The Bertz CT molecular complexity index is 1680. The van der Waals surface area contributed by atoms with Crippen molar-refractivity contribution in [3.05, 3.63) is 98.7 Å². The lowest BCUT2D eigenvalue weighted by atomic mass is 9.96. The topological polar surface area (TPSA) is 96.7 Å². The van der Waals surface area contributed by atoms with Crippen LogP contribution in [0.15, 0.2) is 70.2 Å². The molecule has 7 nitrogen and oxygen atoms in total. The smallest absolute Gasteiger partial charge is 0.254 e. The number of hydrogen-bond acceptors (Lipinski definition) is 5. The molecule has 1 aliphatic heterocycles. The number of fused-ring (bicyclic) bond motifs is 2. The maximum atomic E-state index is 13.2. The Labute approximate surface area is 230 Å². The summed E-state index contributed by atoms with van der Waals surface area (Å²) in [6.07, 6.45) is 3.67. The zero-order chi connectivity index (χ0) is 27.0. The third-order valence-corrected chi connectivity index (χ3v) is 8.47. The Hall–Kier alpha value is -3.33. The normalized spacial score (nSPS) is 13.4. The minimum absolute atomic E-state index is 0.122. The molecule has 5 rings (SSSR count). The molecule has 4 aromatic rings. The molecule has 1 N–H and O–H groups in total. The molecule has 0 aliphatic carbocycles. The zero-order valence-electron chi connectivity index (χ0n) is 20.5. The van der Waals surface area contributed by atoms with E-state index in [1.807, 2.05) is 12.1 Å². The van der Waals surface area contributed by atoms with Gasteiger partial charge in [0.2, 0.25) is 0 Å². The van der Waals surface area contributed by atoms with Crippen LogP contribution in [0, 0.1) is 0 Å². The van der Waals surface area contributed by atoms with Gasteiger partial charge in [-0.15, -0.1) is 0 Å². The van der Waals surface area contributed by atoms with Crippen molar-refractivity contribution in [2.75, 3.05) is 19.3 Å². The average Bonchev–Trinajstić information content (AvgIpc) is 3.35. The fourth-order valence-corrected chi connectivity index (χ4v) is 6.10. The average molecular weight is 571 g/mol. The van der Waals surface area contributed by atoms with Gasteiger partial charge in [0.25, 0.3) is 11.8 Å². The van der Waals surface area contributed by atoms with Crippen LogP contribution in [0.2, 0.25) is 10.0 Å². The van der Waals surface area contributed by atoms with Gasteiger partial charge in [0.05, 0.1) is 26.8 Å². The number of benzene rings is 3. The Morgan fingerprint density at radius 2 is 1.89 bits per heavy atom. The van der Waals surface area contributed by atoms with E-state index in [1.165, 1.54) is 6.07 Å². The molecule has 0 atom stereocenters. The van der Waals surface area contributed by atoms with Crippen LogP contribution in [0.4, 0.5) is 0 Å². The fourth-order valence-electron chi connectivity index (χ4n) is 4.64. The van der Waals surface area contributed by atoms with Crippen molar-refractivity contribution in [2.45, 2.75) is 24.3 Å². The predicted molar refractivity (Wildman–Crippen MR) is 147 cm³/mol. The number of rotatable bonds is 6. The summed E-state index contributed by atoms with van der Waals surface area (Å²) in [4.78, 5) is 28.1. The summed E-state index contributed by atoms with van der Waals surface area (Å²) in [6.45, 7) is 1.04. The summed E-state index contributed by atoms with van der Waals surface area (Å²) >= 11 is 13.2. The molecule has 2 heterocycles. The largest absolute Gasteiger partial charge is 0.464 e. The van der Waals surface area contributed by atoms with Crippen LogP contribution in [0.1, 0.15) is 37.4 Å². The maximum Gasteiger partial charge on any atom is 0.254 e. The number of halogens is 2. The van der Waals surface area contributed by atoms with Crippen LogP contribution in [0.5, 0.6) is 0 Å². The molecule has 0 saturated carbocycles. The summed E-state index contributed by atoms with van der Waals surface area (Å²) in [5, 5.41) is 4.24. The van der Waals surface area contributed by atoms with Gasteiger partial charge in [0, 0.05) is 36.8 Å². The molecule has 0 spiro atoms. The zero-order valence-corrected chi connectivity index (χ0v) is 22.8. The van der Waals surface area contributed by atoms with Crippen LogP contribution in [0.3, 0.4) is 0 Å². The van der Waals surface area contributed by atoms with Gasteiger partial charge in [0.1, 0.15) is 5.58 Å². The minimum atomic E-state index is -3.31. The highest BCUT2D eigenvalue weighted by molar-refractivity contribution is 7.90. The standard InChI is InChI=1S/C28H24Cl2N2O5S/c1-38(35,36)21-4-2-3-17(13-21)7-10-31-27(33)25-23(29)14-20-16-32(11-8-22(20)26(25)30)28(34)19-6-5-18-9-12-37-24(18)15-19/h2-6,9,12-15H,7-8,10-11,16H2,1H3,(H,31,33). The summed E-state index contributed by atoms with van der Waals surface area (Å²) in [5.41, 5.74) is 3.76. The first-order chi connectivity index (χ1) is 18.1. The summed E-state index contributed by atoms with van der Waals surface area (Å²) in [6, 6.07) is 15.5. The highest BCUT2D eigenvalue weighted by Crippen LogP contribution is 2.35. The maximum absolute atomic E-state index is 13.2. The number of sulfone groups is 1. The number of carbonyl (C=O) groups is 2. The summed E-state index contributed by atoms with van der Waals surface area (Å²) in [7, 11) is -3.31. The van der Waals surface area contributed by atoms with Gasteiger partial charge >= 0.3 is 0 Å². The van der Waals surface area contributed by atoms with Crippen molar-refractivity contribution >= 4 is 55.8 Å². The molecule has 3 aromatic carbocycles. The second-order valence-electron chi connectivity index (χ2n) is 9.26. The van der Waals surface area contributed by atoms with Gasteiger partial charge in [-0.25, -0.2) is 8.42 Å². The SMILES string of the molecule is CS(=O)(=O)c1cccc(CCNC(=O)c2c(Cl)cc3c(c2Cl)CCN(C(=O)c2ccc4ccoc4c2)C3)c1. The van der Waals surface area contributed by atoms with E-state index in [-0.39, 0.29) is 33.0 Å². The highest BCUT2D eigenvalue weighted by atomic mass is 35.5. The molecule has 0 bridgehead atoms. The predicted octanol–water partition coefficient (Wildman–Crippen LogP) is 5.31. The van der Waals surface area contributed by atoms with E-state index in [1.54, 1.807) is 47.6 Å². The lowest BCUT2D eigenvalue weighted by Gasteiger charge is -2.30. The Kier molecular flexibility index (Phi) is 7.22. The first-order valence-corrected chi connectivity index (χ1v) is 14.6. The van der Waals surface area contributed by atoms with Crippen LogP contribution in [-0.2, 0) is 29.2 Å². The number of amides is 2. The first-order valence-electron chi connectivity index (χ1n) is 12.0. The fraction of sp³-hybridized carbons (Fsp3) is 0.214. The van der Waals surface area contributed by atoms with Gasteiger partial charge in [-0.2, -0.15) is 0 Å². The summed E-state index contributed by atoms with van der Waals surface area (Å²) < 4.78 is 29.0. The van der Waals surface area contributed by atoms with E-state index in [2.05, 4.69) is 5.32 Å². The molecular formula is C28H24Cl2N2O5S. The van der Waals surface area contributed by atoms with E-state index >= 15 is 0 Å². The Balaban J connectivity index is 1.28. The quantitative estimate of drug-likeness (QED) is 0.338. The molecule has 2 amide bonds.